The fraction of sp³-hybridized carbons (Fsp3) is 0.517. The molecule has 6 rings (SSSR count). The fourth-order valence-electron chi connectivity index (χ4n) is 6.30. The maximum absolute atomic E-state index is 13.4. The zero-order valence-corrected chi connectivity index (χ0v) is 20.8. The molecule has 0 atom stereocenters. The number of fused-ring (bicyclic) bond motifs is 4. The van der Waals surface area contributed by atoms with E-state index >= 15 is 0 Å². The van der Waals surface area contributed by atoms with Gasteiger partial charge in [0.2, 0.25) is 0 Å². The molecule has 178 valence electrons. The molecule has 2 aromatic heterocycles. The van der Waals surface area contributed by atoms with E-state index in [1.165, 1.54) is 53.5 Å². The van der Waals surface area contributed by atoms with Crippen LogP contribution in [0, 0.1) is 20.8 Å². The predicted molar refractivity (Wildman–Crippen MR) is 134 cm³/mol. The van der Waals surface area contributed by atoms with Gasteiger partial charge in [-0.3, -0.25) is 0 Å². The van der Waals surface area contributed by atoms with Crippen LogP contribution in [0.2, 0.25) is 0 Å². The monoisotopic (exact) mass is 458 g/mol. The number of aromatic nitrogens is 2. The Balaban J connectivity index is 1.75. The van der Waals surface area contributed by atoms with Gasteiger partial charge in [-0.2, -0.15) is 0 Å². The second kappa shape index (κ2) is 8.14. The van der Waals surface area contributed by atoms with E-state index in [0.717, 1.165) is 66.1 Å². The summed E-state index contributed by atoms with van der Waals surface area (Å²) in [4.78, 5) is 18.5. The van der Waals surface area contributed by atoms with E-state index in [-0.39, 0.29) is 5.97 Å². The molecule has 3 heterocycles. The van der Waals surface area contributed by atoms with Crippen LogP contribution in [0.15, 0.2) is 6.07 Å². The summed E-state index contributed by atoms with van der Waals surface area (Å²) in [5.41, 5.74) is 11.2. The molecule has 1 saturated carbocycles. The number of hydrogen-bond acceptors (Lipinski definition) is 4. The number of benzene rings is 1. The Kier molecular flexibility index (Phi) is 5.20. The summed E-state index contributed by atoms with van der Waals surface area (Å²) >= 11 is 0. The Morgan fingerprint density at radius 1 is 1.12 bits per heavy atom. The van der Waals surface area contributed by atoms with Crippen molar-refractivity contribution in [3.05, 3.63) is 45.3 Å². The van der Waals surface area contributed by atoms with Gasteiger partial charge in [0.15, 0.2) is 0 Å². The van der Waals surface area contributed by atoms with Gasteiger partial charge >= 0.3 is 5.97 Å². The van der Waals surface area contributed by atoms with E-state index in [0.29, 0.717) is 18.2 Å². The number of nitrogens with zero attached hydrogens (tertiary/aromatic N) is 2. The Morgan fingerprint density at radius 2 is 1.88 bits per heavy atom. The molecular formula is C29H34N2O3. The molecule has 5 heteroatoms. The summed E-state index contributed by atoms with van der Waals surface area (Å²) < 4.78 is 14.2. The zero-order valence-electron chi connectivity index (χ0n) is 20.8. The van der Waals surface area contributed by atoms with Crippen LogP contribution in [0.5, 0.6) is 5.75 Å². The molecule has 1 aromatic carbocycles. The Hall–Kier alpha value is -2.82. The van der Waals surface area contributed by atoms with Crippen LogP contribution in [0.25, 0.3) is 22.2 Å². The van der Waals surface area contributed by atoms with Gasteiger partial charge in [-0.05, 0) is 113 Å². The number of hydrogen-bond donors (Lipinski definition) is 0. The molecule has 0 saturated heterocycles. The molecule has 1 aliphatic heterocycles. The van der Waals surface area contributed by atoms with Crippen molar-refractivity contribution in [2.45, 2.75) is 85.1 Å². The van der Waals surface area contributed by atoms with Crippen molar-refractivity contribution in [3.63, 3.8) is 0 Å². The maximum atomic E-state index is 13.4. The zero-order chi connectivity index (χ0) is 23.6. The molecule has 1 fully saturated rings. The molecule has 3 aliphatic rings. The average molecular weight is 459 g/mol. The second-order valence-corrected chi connectivity index (χ2v) is 10.2. The van der Waals surface area contributed by atoms with E-state index in [4.69, 9.17) is 14.5 Å². The van der Waals surface area contributed by atoms with Gasteiger partial charge in [0, 0.05) is 22.7 Å². The average Bonchev–Trinajstić information content (AvgIpc) is 3.62. The van der Waals surface area contributed by atoms with Crippen LogP contribution < -0.4 is 4.74 Å². The van der Waals surface area contributed by atoms with Crippen molar-refractivity contribution in [1.29, 1.82) is 0 Å². The first-order valence-corrected chi connectivity index (χ1v) is 13.0. The molecule has 34 heavy (non-hydrogen) atoms. The molecular weight excluding hydrogens is 424 g/mol. The summed E-state index contributed by atoms with van der Waals surface area (Å²) in [5.74, 6) is 0.768. The van der Waals surface area contributed by atoms with Gasteiger partial charge in [-0.15, -0.1) is 0 Å². The minimum atomic E-state index is -0.265. The molecule has 0 unspecified atom stereocenters. The Morgan fingerprint density at radius 3 is 2.65 bits per heavy atom. The summed E-state index contributed by atoms with van der Waals surface area (Å²) in [6, 6.07) is 2.79. The van der Waals surface area contributed by atoms with E-state index in [2.05, 4.69) is 24.5 Å². The third-order valence-corrected chi connectivity index (χ3v) is 7.95. The van der Waals surface area contributed by atoms with Crippen molar-refractivity contribution in [2.75, 3.05) is 13.2 Å². The lowest BCUT2D eigenvalue weighted by molar-refractivity contribution is 0.0526. The SMILES string of the molecule is CCOC(=O)c1c(C)nc2c(c3c(n2C2CC2)CCCC3)c1-c1cc(C)c2c(c1C)CCCO2. The van der Waals surface area contributed by atoms with Gasteiger partial charge in [0.05, 0.1) is 24.5 Å². The van der Waals surface area contributed by atoms with Crippen molar-refractivity contribution < 1.29 is 14.3 Å². The lowest BCUT2D eigenvalue weighted by Crippen LogP contribution is -2.14. The third-order valence-electron chi connectivity index (χ3n) is 7.95. The number of ether oxygens (including phenoxy) is 2. The molecule has 0 radical (unpaired) electrons. The first-order valence-electron chi connectivity index (χ1n) is 13.0. The number of carbonyl (C=O) groups excluding carboxylic acids is 1. The van der Waals surface area contributed by atoms with Crippen LogP contribution in [-0.4, -0.2) is 28.7 Å². The lowest BCUT2D eigenvalue weighted by atomic mass is 9.85. The van der Waals surface area contributed by atoms with E-state index in [1.54, 1.807) is 0 Å². The van der Waals surface area contributed by atoms with Gasteiger partial charge in [-0.25, -0.2) is 9.78 Å². The summed E-state index contributed by atoms with van der Waals surface area (Å²) in [6.07, 6.45) is 9.06. The molecule has 2 aliphatic carbocycles. The second-order valence-electron chi connectivity index (χ2n) is 10.2. The number of rotatable bonds is 4. The number of carbonyl (C=O) groups is 1. The predicted octanol–water partition coefficient (Wildman–Crippen LogP) is 6.34. The third kappa shape index (κ3) is 3.19. The molecule has 0 N–H and O–H groups in total. The first kappa shape index (κ1) is 21.7. The van der Waals surface area contributed by atoms with Crippen molar-refractivity contribution in [1.82, 2.24) is 9.55 Å². The maximum Gasteiger partial charge on any atom is 0.340 e. The molecule has 3 aromatic rings. The number of pyridine rings is 1. The fourth-order valence-corrected chi connectivity index (χ4v) is 6.30. The summed E-state index contributed by atoms with van der Waals surface area (Å²) in [6.45, 7) is 9.30. The van der Waals surface area contributed by atoms with E-state index in [9.17, 15) is 4.79 Å². The van der Waals surface area contributed by atoms with E-state index < -0.39 is 0 Å². The van der Waals surface area contributed by atoms with Crippen LogP contribution in [0.3, 0.4) is 0 Å². The van der Waals surface area contributed by atoms with Crippen molar-refractivity contribution >= 4 is 17.0 Å². The molecule has 0 bridgehead atoms. The Bertz CT molecular complexity index is 1330. The topological polar surface area (TPSA) is 53.3 Å². The first-order chi connectivity index (χ1) is 16.5. The highest BCUT2D eigenvalue weighted by Gasteiger charge is 2.35. The molecule has 5 nitrogen and oxygen atoms in total. The molecule has 0 amide bonds. The van der Waals surface area contributed by atoms with Crippen LogP contribution in [0.1, 0.15) is 89.1 Å². The highest BCUT2D eigenvalue weighted by atomic mass is 16.5. The van der Waals surface area contributed by atoms with Gasteiger partial charge in [-0.1, -0.05) is 0 Å². The number of aryl methyl sites for hydroxylation is 3. The van der Waals surface area contributed by atoms with Crippen LogP contribution >= 0.6 is 0 Å². The minimum Gasteiger partial charge on any atom is -0.493 e. The largest absolute Gasteiger partial charge is 0.493 e. The van der Waals surface area contributed by atoms with Crippen LogP contribution in [0.4, 0.5) is 0 Å². The quantitative estimate of drug-likeness (QED) is 0.428. The Labute approximate surface area is 201 Å². The smallest absolute Gasteiger partial charge is 0.340 e. The van der Waals surface area contributed by atoms with Gasteiger partial charge in [0.25, 0.3) is 0 Å². The van der Waals surface area contributed by atoms with Gasteiger partial charge < -0.3 is 14.0 Å². The van der Waals surface area contributed by atoms with E-state index in [1.807, 2.05) is 13.8 Å². The number of esters is 1. The highest BCUT2D eigenvalue weighted by molar-refractivity contribution is 6.09. The molecule has 0 spiro atoms. The van der Waals surface area contributed by atoms with Crippen molar-refractivity contribution in [3.8, 4) is 16.9 Å². The summed E-state index contributed by atoms with van der Waals surface area (Å²) in [5, 5.41) is 1.19. The van der Waals surface area contributed by atoms with Gasteiger partial charge in [0.1, 0.15) is 11.4 Å². The minimum absolute atomic E-state index is 0.265. The lowest BCUT2D eigenvalue weighted by Gasteiger charge is -2.25. The highest BCUT2D eigenvalue weighted by Crippen LogP contribution is 2.48. The van der Waals surface area contributed by atoms with Crippen LogP contribution in [-0.2, 0) is 24.0 Å². The van der Waals surface area contributed by atoms with Crippen molar-refractivity contribution in [2.24, 2.45) is 0 Å². The summed E-state index contributed by atoms with van der Waals surface area (Å²) in [7, 11) is 0. The normalized spacial score (nSPS) is 17.3. The standard InChI is InChI=1S/C29H34N2O3/c1-5-33-29(32)24-18(4)30-28-26(21-9-6-7-11-23(21)31(28)19-12-13-19)25(24)22-15-16(2)27-20(17(22)3)10-8-14-34-27/h15,19H,5-14H2,1-4H3.